The molecule has 0 saturated heterocycles. The highest BCUT2D eigenvalue weighted by Gasteiger charge is 2.23. The Balaban J connectivity index is 4.13. The van der Waals surface area contributed by atoms with Crippen molar-refractivity contribution in [2.24, 2.45) is 0 Å². The summed E-state index contributed by atoms with van der Waals surface area (Å²) < 4.78 is 7.00. The molecule has 0 aliphatic heterocycles. The molecule has 1 unspecified atom stereocenters. The predicted octanol–water partition coefficient (Wildman–Crippen LogP) is 1.97. The Morgan fingerprint density at radius 2 is 1.85 bits per heavy atom. The Morgan fingerprint density at radius 1 is 1.38 bits per heavy atom. The van der Waals surface area contributed by atoms with Gasteiger partial charge in [-0.2, -0.15) is 0 Å². The molecule has 0 spiro atoms. The summed E-state index contributed by atoms with van der Waals surface area (Å²) in [4.78, 5) is 9.65. The molecule has 0 rings (SSSR count). The van der Waals surface area contributed by atoms with E-state index >= 15 is 0 Å². The molecule has 0 aromatic heterocycles. The van der Waals surface area contributed by atoms with Crippen molar-refractivity contribution in [3.8, 4) is 12.3 Å². The van der Waals surface area contributed by atoms with Crippen LogP contribution in [0.3, 0.4) is 0 Å². The predicted molar refractivity (Wildman–Crippen MR) is 56.0 cm³/mol. The lowest BCUT2D eigenvalue weighted by atomic mass is 10.3. The van der Waals surface area contributed by atoms with Gasteiger partial charge in [-0.15, -0.1) is 6.42 Å². The van der Waals surface area contributed by atoms with E-state index in [-0.39, 0.29) is 18.7 Å². The van der Waals surface area contributed by atoms with Gasteiger partial charge in [-0.25, -0.2) is 4.67 Å². The maximum Gasteiger partial charge on any atom is 0.257 e. The van der Waals surface area contributed by atoms with Crippen molar-refractivity contribution in [1.29, 1.82) is 0 Å². The van der Waals surface area contributed by atoms with Gasteiger partial charge >= 0.3 is 0 Å². The molecule has 0 aromatic carbocycles. The fourth-order valence-electron chi connectivity index (χ4n) is 1.15. The molecule has 0 bridgehead atoms. The van der Waals surface area contributed by atoms with Crippen LogP contribution in [0.4, 0.5) is 0 Å². The molecule has 0 aromatic rings. The Hall–Kier alpha value is -0.130. The Morgan fingerprint density at radius 3 is 2.15 bits per heavy atom. The van der Waals surface area contributed by atoms with Crippen molar-refractivity contribution in [1.82, 2.24) is 4.67 Å². The van der Waals surface area contributed by atoms with E-state index in [0.29, 0.717) is 0 Å². The van der Waals surface area contributed by atoms with Gasteiger partial charge < -0.3 is 9.42 Å². The van der Waals surface area contributed by atoms with E-state index in [4.69, 9.17) is 10.9 Å². The van der Waals surface area contributed by atoms with Gasteiger partial charge in [0.1, 0.15) is 6.61 Å². The van der Waals surface area contributed by atoms with Crippen LogP contribution >= 0.6 is 8.53 Å². The van der Waals surface area contributed by atoms with Crippen LogP contribution in [0.5, 0.6) is 0 Å². The second-order valence-corrected chi connectivity index (χ2v) is 4.52. The van der Waals surface area contributed by atoms with Crippen molar-refractivity contribution >= 4 is 8.53 Å². The molecule has 4 heteroatoms. The topological polar surface area (TPSA) is 32.7 Å². The summed E-state index contributed by atoms with van der Waals surface area (Å²) in [6.07, 6.45) is 5.03. The van der Waals surface area contributed by atoms with Crippen LogP contribution in [-0.4, -0.2) is 28.3 Å². The largest absolute Gasteiger partial charge is 0.338 e. The molecule has 3 nitrogen and oxygen atoms in total. The first kappa shape index (κ1) is 12.9. The summed E-state index contributed by atoms with van der Waals surface area (Å²) in [5.74, 6) is 2.34. The van der Waals surface area contributed by atoms with Crippen LogP contribution in [-0.2, 0) is 4.52 Å². The van der Waals surface area contributed by atoms with Gasteiger partial charge in [0.25, 0.3) is 8.53 Å². The maximum absolute atomic E-state index is 9.65. The zero-order valence-electron chi connectivity index (χ0n) is 8.69. The van der Waals surface area contributed by atoms with E-state index in [2.05, 4.69) is 5.92 Å². The molecule has 1 atom stereocenters. The summed E-state index contributed by atoms with van der Waals surface area (Å²) in [7, 11) is -1.54. The van der Waals surface area contributed by atoms with Gasteiger partial charge in [0, 0.05) is 12.1 Å². The number of hydrogen-bond donors (Lipinski definition) is 1. The van der Waals surface area contributed by atoms with Crippen LogP contribution < -0.4 is 0 Å². The van der Waals surface area contributed by atoms with Crippen molar-refractivity contribution in [2.45, 2.75) is 39.8 Å². The van der Waals surface area contributed by atoms with E-state index in [1.54, 1.807) is 0 Å². The molecule has 0 fully saturated rings. The van der Waals surface area contributed by atoms with Crippen molar-refractivity contribution < 1.29 is 9.42 Å². The number of terminal acetylenes is 1. The minimum atomic E-state index is -1.54. The minimum absolute atomic E-state index is 0.165. The molecule has 0 heterocycles. The third-order valence-electron chi connectivity index (χ3n) is 1.52. The van der Waals surface area contributed by atoms with E-state index in [1.807, 2.05) is 32.4 Å². The highest BCUT2D eigenvalue weighted by atomic mass is 31.2. The summed E-state index contributed by atoms with van der Waals surface area (Å²) in [6, 6.07) is 0.516. The average Bonchev–Trinajstić information content (AvgIpc) is 1.99. The average molecular weight is 203 g/mol. The molecule has 1 N–H and O–H groups in total. The van der Waals surface area contributed by atoms with Crippen LogP contribution in [0, 0.1) is 12.3 Å². The first-order valence-electron chi connectivity index (χ1n) is 4.34. The first-order chi connectivity index (χ1) is 6.00. The molecule has 0 amide bonds. The van der Waals surface area contributed by atoms with Crippen LogP contribution in [0.2, 0.25) is 0 Å². The van der Waals surface area contributed by atoms with Gasteiger partial charge in [0.15, 0.2) is 0 Å². The zero-order chi connectivity index (χ0) is 10.4. The smallest absolute Gasteiger partial charge is 0.257 e. The SMILES string of the molecule is C#CCOP(O)N(C(C)C)C(C)C. The molecule has 0 saturated carbocycles. The maximum atomic E-state index is 9.65. The molecule has 76 valence electrons. The highest BCUT2D eigenvalue weighted by Crippen LogP contribution is 2.39. The van der Waals surface area contributed by atoms with E-state index < -0.39 is 8.53 Å². The third-order valence-corrected chi connectivity index (χ3v) is 3.20. The molecular weight excluding hydrogens is 185 g/mol. The van der Waals surface area contributed by atoms with Crippen molar-refractivity contribution in [3.63, 3.8) is 0 Å². The van der Waals surface area contributed by atoms with Crippen LogP contribution in [0.15, 0.2) is 0 Å². The fraction of sp³-hybridized carbons (Fsp3) is 0.778. The Kier molecular flexibility index (Phi) is 6.28. The quantitative estimate of drug-likeness (QED) is 0.547. The lowest BCUT2D eigenvalue weighted by molar-refractivity contribution is 0.228. The summed E-state index contributed by atoms with van der Waals surface area (Å²) in [6.45, 7) is 8.24. The fourth-order valence-corrected chi connectivity index (χ4v) is 2.27. The molecule has 0 radical (unpaired) electrons. The third kappa shape index (κ3) is 4.59. The van der Waals surface area contributed by atoms with E-state index in [1.165, 1.54) is 0 Å². The first-order valence-corrected chi connectivity index (χ1v) is 5.50. The molecular formula is C9H18NO2P. The molecule has 13 heavy (non-hydrogen) atoms. The monoisotopic (exact) mass is 203 g/mol. The number of nitrogens with zero attached hydrogens (tertiary/aromatic N) is 1. The standard InChI is InChI=1S/C9H18NO2P/c1-6-7-12-13(11)10(8(2)3)9(4)5/h1,8-9,11H,7H2,2-5H3. The van der Waals surface area contributed by atoms with Gasteiger partial charge in [-0.3, -0.25) is 0 Å². The van der Waals surface area contributed by atoms with Gasteiger partial charge in [0.05, 0.1) is 0 Å². The van der Waals surface area contributed by atoms with Gasteiger partial charge in [-0.05, 0) is 27.7 Å². The highest BCUT2D eigenvalue weighted by molar-refractivity contribution is 7.43. The Labute approximate surface area is 82.1 Å². The summed E-state index contributed by atoms with van der Waals surface area (Å²) in [5.41, 5.74) is 0. The Bertz CT molecular complexity index is 169. The lowest BCUT2D eigenvalue weighted by Gasteiger charge is -2.32. The molecule has 0 aliphatic carbocycles. The normalized spacial score (nSPS) is 13.8. The van der Waals surface area contributed by atoms with Crippen LogP contribution in [0.25, 0.3) is 0 Å². The summed E-state index contributed by atoms with van der Waals surface area (Å²) in [5, 5.41) is 0. The van der Waals surface area contributed by atoms with Gasteiger partial charge in [0.2, 0.25) is 0 Å². The zero-order valence-corrected chi connectivity index (χ0v) is 9.58. The van der Waals surface area contributed by atoms with Crippen LogP contribution in [0.1, 0.15) is 27.7 Å². The van der Waals surface area contributed by atoms with E-state index in [0.717, 1.165) is 0 Å². The molecule has 0 aliphatic rings. The number of rotatable bonds is 5. The van der Waals surface area contributed by atoms with Crippen molar-refractivity contribution in [3.05, 3.63) is 0 Å². The second kappa shape index (κ2) is 6.34. The van der Waals surface area contributed by atoms with Gasteiger partial charge in [-0.1, -0.05) is 5.92 Å². The van der Waals surface area contributed by atoms with Crippen molar-refractivity contribution in [2.75, 3.05) is 6.61 Å². The van der Waals surface area contributed by atoms with E-state index in [9.17, 15) is 4.89 Å². The number of hydrogen-bond acceptors (Lipinski definition) is 3. The lowest BCUT2D eigenvalue weighted by Crippen LogP contribution is -2.32. The minimum Gasteiger partial charge on any atom is -0.338 e. The summed E-state index contributed by atoms with van der Waals surface area (Å²) >= 11 is 0. The second-order valence-electron chi connectivity index (χ2n) is 3.30.